The van der Waals surface area contributed by atoms with Gasteiger partial charge in [-0.25, -0.2) is 0 Å². The van der Waals surface area contributed by atoms with Crippen LogP contribution in [-0.2, 0) is 6.54 Å². The van der Waals surface area contributed by atoms with Crippen molar-refractivity contribution < 1.29 is 9.59 Å². The fourth-order valence-corrected chi connectivity index (χ4v) is 2.43. The van der Waals surface area contributed by atoms with Crippen molar-refractivity contribution in [3.63, 3.8) is 0 Å². The predicted molar refractivity (Wildman–Crippen MR) is 91.8 cm³/mol. The summed E-state index contributed by atoms with van der Waals surface area (Å²) < 4.78 is 1.68. The highest BCUT2D eigenvalue weighted by atomic mass is 16.1. The van der Waals surface area contributed by atoms with Gasteiger partial charge in [0.25, 0.3) is 5.91 Å². The van der Waals surface area contributed by atoms with Gasteiger partial charge in [-0.1, -0.05) is 48.5 Å². The maximum Gasteiger partial charge on any atom is 0.251 e. The van der Waals surface area contributed by atoms with Gasteiger partial charge in [0.2, 0.25) is 0 Å². The molecule has 5 heteroatoms. The van der Waals surface area contributed by atoms with Crippen molar-refractivity contribution in [3.05, 3.63) is 78.0 Å². The van der Waals surface area contributed by atoms with Gasteiger partial charge in [0.1, 0.15) is 5.69 Å². The molecule has 1 heterocycles. The highest BCUT2D eigenvalue weighted by Gasteiger charge is 2.10. The van der Waals surface area contributed by atoms with Crippen LogP contribution in [-0.4, -0.2) is 28.5 Å². The fourth-order valence-electron chi connectivity index (χ4n) is 2.43. The van der Waals surface area contributed by atoms with Crippen LogP contribution in [0.1, 0.15) is 20.7 Å². The number of nitrogens with one attached hydrogen (secondary N) is 1. The molecular weight excluding hydrogens is 302 g/mol. The average molecular weight is 319 g/mol. The largest absolute Gasteiger partial charge is 0.350 e. The normalized spacial score (nSPS) is 10.3. The molecule has 3 aromatic rings. The van der Waals surface area contributed by atoms with Gasteiger partial charge in [-0.3, -0.25) is 14.3 Å². The van der Waals surface area contributed by atoms with E-state index in [0.717, 1.165) is 11.8 Å². The Bertz CT molecular complexity index is 826. The number of carbonyl (C=O) groups is 2. The Hall–Kier alpha value is -3.21. The number of carbonyl (C=O) groups excluding carboxylic acids is 2. The zero-order chi connectivity index (χ0) is 16.8. The molecule has 5 nitrogen and oxygen atoms in total. The van der Waals surface area contributed by atoms with Crippen LogP contribution in [0.4, 0.5) is 0 Å². The number of amides is 1. The summed E-state index contributed by atoms with van der Waals surface area (Å²) in [6.07, 6.45) is 2.50. The van der Waals surface area contributed by atoms with Gasteiger partial charge in [0, 0.05) is 23.9 Å². The molecule has 0 spiro atoms. The van der Waals surface area contributed by atoms with Gasteiger partial charge in [-0.2, -0.15) is 5.10 Å². The quantitative estimate of drug-likeness (QED) is 0.711. The summed E-state index contributed by atoms with van der Waals surface area (Å²) >= 11 is 0. The minimum atomic E-state index is -0.123. The summed E-state index contributed by atoms with van der Waals surface area (Å²) in [7, 11) is 0. The van der Waals surface area contributed by atoms with Crippen LogP contribution in [0.2, 0.25) is 0 Å². The summed E-state index contributed by atoms with van der Waals surface area (Å²) in [6, 6.07) is 18.6. The lowest BCUT2D eigenvalue weighted by atomic mass is 10.1. The zero-order valence-corrected chi connectivity index (χ0v) is 13.1. The van der Waals surface area contributed by atoms with Crippen LogP contribution in [0.25, 0.3) is 11.3 Å². The summed E-state index contributed by atoms with van der Waals surface area (Å²) in [5, 5.41) is 7.30. The van der Waals surface area contributed by atoms with E-state index in [0.29, 0.717) is 29.9 Å². The maximum absolute atomic E-state index is 12.0. The first-order chi connectivity index (χ1) is 11.8. The Kier molecular flexibility index (Phi) is 4.81. The minimum Gasteiger partial charge on any atom is -0.350 e. The van der Waals surface area contributed by atoms with E-state index in [1.807, 2.05) is 48.5 Å². The maximum atomic E-state index is 12.0. The number of aldehydes is 1. The molecule has 0 radical (unpaired) electrons. The number of hydrogen-bond acceptors (Lipinski definition) is 3. The molecule has 2 aromatic carbocycles. The average Bonchev–Trinajstić information content (AvgIpc) is 3.06. The van der Waals surface area contributed by atoms with Crippen molar-refractivity contribution in [1.29, 1.82) is 0 Å². The third kappa shape index (κ3) is 3.57. The van der Waals surface area contributed by atoms with Crippen molar-refractivity contribution in [1.82, 2.24) is 15.1 Å². The highest BCUT2D eigenvalue weighted by Crippen LogP contribution is 2.20. The van der Waals surface area contributed by atoms with Gasteiger partial charge in [-0.15, -0.1) is 0 Å². The smallest absolute Gasteiger partial charge is 0.251 e. The topological polar surface area (TPSA) is 64.0 Å². The molecule has 24 heavy (non-hydrogen) atoms. The summed E-state index contributed by atoms with van der Waals surface area (Å²) in [5.74, 6) is -0.123. The van der Waals surface area contributed by atoms with E-state index >= 15 is 0 Å². The first-order valence-electron chi connectivity index (χ1n) is 7.69. The first-order valence-corrected chi connectivity index (χ1v) is 7.69. The van der Waals surface area contributed by atoms with Crippen LogP contribution in [0.5, 0.6) is 0 Å². The molecule has 0 atom stereocenters. The third-order valence-electron chi connectivity index (χ3n) is 3.63. The molecule has 0 bridgehead atoms. The summed E-state index contributed by atoms with van der Waals surface area (Å²) in [6.45, 7) is 0.925. The molecule has 0 aliphatic rings. The Labute approximate surface area is 139 Å². The van der Waals surface area contributed by atoms with Gasteiger partial charge < -0.3 is 5.32 Å². The molecule has 0 unspecified atom stereocenters. The van der Waals surface area contributed by atoms with E-state index in [2.05, 4.69) is 10.4 Å². The van der Waals surface area contributed by atoms with Crippen molar-refractivity contribution in [2.75, 3.05) is 6.54 Å². The van der Waals surface area contributed by atoms with Crippen LogP contribution in [0, 0.1) is 0 Å². The number of benzene rings is 2. The molecule has 0 aliphatic heterocycles. The number of nitrogens with zero attached hydrogens (tertiary/aromatic N) is 2. The molecule has 0 saturated carbocycles. The molecular formula is C19H17N3O2. The van der Waals surface area contributed by atoms with E-state index in [9.17, 15) is 9.59 Å². The predicted octanol–water partition coefficient (Wildman–Crippen LogP) is 2.79. The van der Waals surface area contributed by atoms with Crippen molar-refractivity contribution >= 4 is 12.2 Å². The van der Waals surface area contributed by atoms with Crippen LogP contribution in [0.3, 0.4) is 0 Å². The van der Waals surface area contributed by atoms with Crippen LogP contribution in [0.15, 0.2) is 66.9 Å². The van der Waals surface area contributed by atoms with E-state index in [-0.39, 0.29) is 5.91 Å². The van der Waals surface area contributed by atoms with Crippen molar-refractivity contribution in [2.24, 2.45) is 0 Å². The molecule has 0 fully saturated rings. The molecule has 1 aromatic heterocycles. The lowest BCUT2D eigenvalue weighted by molar-refractivity contribution is 0.0951. The van der Waals surface area contributed by atoms with Crippen molar-refractivity contribution in [3.8, 4) is 11.3 Å². The summed E-state index contributed by atoms with van der Waals surface area (Å²) in [5.41, 5.74) is 2.71. The zero-order valence-electron chi connectivity index (χ0n) is 13.1. The molecule has 3 rings (SSSR count). The van der Waals surface area contributed by atoms with Crippen LogP contribution >= 0.6 is 0 Å². The Morgan fingerprint density at radius 3 is 2.38 bits per heavy atom. The van der Waals surface area contributed by atoms with Gasteiger partial charge >= 0.3 is 0 Å². The second-order valence-electron chi connectivity index (χ2n) is 5.30. The van der Waals surface area contributed by atoms with Gasteiger partial charge in [0.05, 0.1) is 12.1 Å². The second-order valence-corrected chi connectivity index (χ2v) is 5.30. The molecule has 120 valence electrons. The minimum absolute atomic E-state index is 0.123. The number of rotatable bonds is 6. The fraction of sp³-hybridized carbons (Fsp3) is 0.105. The van der Waals surface area contributed by atoms with Crippen molar-refractivity contribution in [2.45, 2.75) is 6.54 Å². The molecule has 0 saturated heterocycles. The monoisotopic (exact) mass is 319 g/mol. The standard InChI is InChI=1S/C19H17N3O2/c23-14-17-13-22(21-18(17)15-7-3-1-4-8-15)12-11-20-19(24)16-9-5-2-6-10-16/h1-10,13-14H,11-12H2,(H,20,24). The lowest BCUT2D eigenvalue weighted by Gasteiger charge is -2.05. The highest BCUT2D eigenvalue weighted by molar-refractivity contribution is 5.94. The van der Waals surface area contributed by atoms with Gasteiger partial charge in [0.15, 0.2) is 6.29 Å². The second kappa shape index (κ2) is 7.37. The Morgan fingerprint density at radius 1 is 1.04 bits per heavy atom. The number of hydrogen-bond donors (Lipinski definition) is 1. The SMILES string of the molecule is O=Cc1cn(CCNC(=O)c2ccccc2)nc1-c1ccccc1. The van der Waals surface area contributed by atoms with E-state index in [1.54, 1.807) is 23.0 Å². The van der Waals surface area contributed by atoms with E-state index in [1.165, 1.54) is 0 Å². The summed E-state index contributed by atoms with van der Waals surface area (Å²) in [4.78, 5) is 23.2. The number of aromatic nitrogens is 2. The first kappa shape index (κ1) is 15.7. The Balaban J connectivity index is 1.65. The van der Waals surface area contributed by atoms with E-state index in [4.69, 9.17) is 0 Å². The molecule has 1 N–H and O–H groups in total. The Morgan fingerprint density at radius 2 is 1.71 bits per heavy atom. The third-order valence-corrected chi connectivity index (χ3v) is 3.63. The molecule has 0 aliphatic carbocycles. The lowest BCUT2D eigenvalue weighted by Crippen LogP contribution is -2.27. The van der Waals surface area contributed by atoms with Gasteiger partial charge in [-0.05, 0) is 12.1 Å². The van der Waals surface area contributed by atoms with Crippen LogP contribution < -0.4 is 5.32 Å². The van der Waals surface area contributed by atoms with E-state index < -0.39 is 0 Å². The molecule has 1 amide bonds.